The molecule has 6 heteroatoms. The largest absolute Gasteiger partial charge is 0.264 e. The zero-order valence-electron chi connectivity index (χ0n) is 7.42. The average Bonchev–Trinajstić information content (AvgIpc) is 2.16. The highest BCUT2D eigenvalue weighted by atomic mass is 79.9. The van der Waals surface area contributed by atoms with Crippen molar-refractivity contribution < 1.29 is 8.42 Å². The smallest absolute Gasteiger partial charge is 0.261 e. The molecule has 0 radical (unpaired) electrons. The van der Waals surface area contributed by atoms with Crippen molar-refractivity contribution in [3.63, 3.8) is 0 Å². The van der Waals surface area contributed by atoms with Gasteiger partial charge in [-0.2, -0.15) is 0 Å². The second-order valence-electron chi connectivity index (χ2n) is 2.82. The summed E-state index contributed by atoms with van der Waals surface area (Å²) in [6.45, 7) is 0. The first-order chi connectivity index (χ1) is 6.57. The zero-order chi connectivity index (χ0) is 10.2. The summed E-state index contributed by atoms with van der Waals surface area (Å²) in [5.74, 6) is 0. The highest BCUT2D eigenvalue weighted by Gasteiger charge is 2.09. The summed E-state index contributed by atoms with van der Waals surface area (Å²) in [5, 5.41) is 1.69. The third-order valence-corrected chi connectivity index (χ3v) is 3.25. The standard InChI is InChI=1S/C9H6ClNO2S.BrH/c10-14(12,13)9-2-1-8-6-11-4-3-7(8)5-9;/h1-6H;1H. The van der Waals surface area contributed by atoms with Crippen LogP contribution in [0.2, 0.25) is 0 Å². The fourth-order valence-electron chi connectivity index (χ4n) is 1.21. The number of rotatable bonds is 1. The molecule has 0 saturated heterocycles. The molecule has 0 saturated carbocycles. The van der Waals surface area contributed by atoms with Gasteiger partial charge in [0.1, 0.15) is 0 Å². The van der Waals surface area contributed by atoms with Crippen molar-refractivity contribution >= 4 is 47.5 Å². The van der Waals surface area contributed by atoms with E-state index < -0.39 is 9.05 Å². The Labute approximate surface area is 102 Å². The topological polar surface area (TPSA) is 47.0 Å². The first-order valence-electron chi connectivity index (χ1n) is 3.86. The number of hydrogen-bond donors (Lipinski definition) is 0. The van der Waals surface area contributed by atoms with Crippen molar-refractivity contribution in [3.05, 3.63) is 36.7 Å². The lowest BCUT2D eigenvalue weighted by Crippen LogP contribution is -1.89. The molecule has 0 atom stereocenters. The van der Waals surface area contributed by atoms with Crippen LogP contribution in [0.4, 0.5) is 0 Å². The normalized spacial score (nSPS) is 11.0. The van der Waals surface area contributed by atoms with Crippen LogP contribution in [0.25, 0.3) is 10.8 Å². The van der Waals surface area contributed by atoms with E-state index in [1.165, 1.54) is 12.1 Å². The average molecular weight is 309 g/mol. The SMILES string of the molecule is Br.O=S(=O)(Cl)c1ccc2cnccc2c1. The van der Waals surface area contributed by atoms with Crippen molar-refractivity contribution in [3.8, 4) is 0 Å². The van der Waals surface area contributed by atoms with Gasteiger partial charge in [-0.25, -0.2) is 8.42 Å². The Bertz CT molecular complexity index is 585. The van der Waals surface area contributed by atoms with E-state index >= 15 is 0 Å². The Kier molecular flexibility index (Phi) is 3.70. The predicted molar refractivity (Wildman–Crippen MR) is 65.1 cm³/mol. The van der Waals surface area contributed by atoms with Gasteiger partial charge in [-0.3, -0.25) is 4.98 Å². The fourth-order valence-corrected chi connectivity index (χ4v) is 2.00. The molecule has 2 rings (SSSR count). The molecule has 15 heavy (non-hydrogen) atoms. The number of nitrogens with zero attached hydrogens (tertiary/aromatic N) is 1. The first-order valence-corrected chi connectivity index (χ1v) is 6.17. The maximum Gasteiger partial charge on any atom is 0.261 e. The molecule has 0 amide bonds. The van der Waals surface area contributed by atoms with Gasteiger partial charge in [0.2, 0.25) is 0 Å². The van der Waals surface area contributed by atoms with Gasteiger partial charge in [0.15, 0.2) is 0 Å². The quantitative estimate of drug-likeness (QED) is 0.761. The molecule has 80 valence electrons. The van der Waals surface area contributed by atoms with Crippen LogP contribution in [0.1, 0.15) is 0 Å². The van der Waals surface area contributed by atoms with Crippen LogP contribution >= 0.6 is 27.7 Å². The summed E-state index contributed by atoms with van der Waals surface area (Å²) in [6.07, 6.45) is 3.27. The Morgan fingerprint density at radius 2 is 1.87 bits per heavy atom. The summed E-state index contributed by atoms with van der Waals surface area (Å²) < 4.78 is 22.1. The Hall–Kier alpha value is -0.650. The highest BCUT2D eigenvalue weighted by molar-refractivity contribution is 8.93. The number of aromatic nitrogens is 1. The molecule has 0 aliphatic carbocycles. The van der Waals surface area contributed by atoms with E-state index in [2.05, 4.69) is 4.98 Å². The molecule has 0 aliphatic heterocycles. The zero-order valence-corrected chi connectivity index (χ0v) is 10.7. The summed E-state index contributed by atoms with van der Waals surface area (Å²) in [6, 6.07) is 6.41. The van der Waals surface area contributed by atoms with Crippen molar-refractivity contribution in [1.29, 1.82) is 0 Å². The maximum atomic E-state index is 11.0. The third kappa shape index (κ3) is 2.68. The Balaban J connectivity index is 0.00000112. The lowest BCUT2D eigenvalue weighted by atomic mass is 10.2. The van der Waals surface area contributed by atoms with Gasteiger partial charge in [-0.15, -0.1) is 17.0 Å². The van der Waals surface area contributed by atoms with E-state index in [0.717, 1.165) is 10.8 Å². The maximum absolute atomic E-state index is 11.0. The summed E-state index contributed by atoms with van der Waals surface area (Å²) in [7, 11) is 1.57. The van der Waals surface area contributed by atoms with E-state index in [9.17, 15) is 8.42 Å². The van der Waals surface area contributed by atoms with Gasteiger partial charge < -0.3 is 0 Å². The Morgan fingerprint density at radius 1 is 1.13 bits per heavy atom. The minimum absolute atomic E-state index is 0. The molecule has 1 aromatic carbocycles. The van der Waals surface area contributed by atoms with Crippen LogP contribution in [0.3, 0.4) is 0 Å². The van der Waals surface area contributed by atoms with Gasteiger partial charge >= 0.3 is 0 Å². The minimum atomic E-state index is -3.64. The second kappa shape index (κ2) is 4.47. The van der Waals surface area contributed by atoms with Gasteiger partial charge in [0, 0.05) is 28.5 Å². The molecular weight excluding hydrogens is 302 g/mol. The van der Waals surface area contributed by atoms with Crippen LogP contribution in [0.15, 0.2) is 41.6 Å². The fraction of sp³-hybridized carbons (Fsp3) is 0. The van der Waals surface area contributed by atoms with Crippen LogP contribution in [-0.4, -0.2) is 13.4 Å². The first kappa shape index (κ1) is 12.4. The number of fused-ring (bicyclic) bond motifs is 1. The minimum Gasteiger partial charge on any atom is -0.264 e. The van der Waals surface area contributed by atoms with E-state index in [1.807, 2.05) is 0 Å². The molecule has 1 heterocycles. The summed E-state index contributed by atoms with van der Waals surface area (Å²) in [5.41, 5.74) is 0. The molecule has 0 unspecified atom stereocenters. The number of pyridine rings is 1. The summed E-state index contributed by atoms with van der Waals surface area (Å²) in [4.78, 5) is 4.03. The van der Waals surface area contributed by atoms with Crippen LogP contribution < -0.4 is 0 Å². The number of hydrogen-bond acceptors (Lipinski definition) is 3. The molecule has 2 aromatic rings. The van der Waals surface area contributed by atoms with E-state index in [0.29, 0.717) is 0 Å². The molecule has 0 aliphatic rings. The van der Waals surface area contributed by atoms with E-state index in [1.54, 1.807) is 24.5 Å². The van der Waals surface area contributed by atoms with Crippen molar-refractivity contribution in [1.82, 2.24) is 4.98 Å². The Morgan fingerprint density at radius 3 is 2.53 bits per heavy atom. The van der Waals surface area contributed by atoms with Gasteiger partial charge in [-0.1, -0.05) is 6.07 Å². The van der Waals surface area contributed by atoms with Crippen molar-refractivity contribution in [2.75, 3.05) is 0 Å². The van der Waals surface area contributed by atoms with Crippen molar-refractivity contribution in [2.45, 2.75) is 4.90 Å². The molecule has 0 spiro atoms. The highest BCUT2D eigenvalue weighted by Crippen LogP contribution is 2.20. The number of benzene rings is 1. The molecule has 0 N–H and O–H groups in total. The lowest BCUT2D eigenvalue weighted by molar-refractivity contribution is 0.609. The van der Waals surface area contributed by atoms with Crippen LogP contribution in [-0.2, 0) is 9.05 Å². The molecule has 0 fully saturated rings. The predicted octanol–water partition coefficient (Wildman–Crippen LogP) is 2.74. The third-order valence-electron chi connectivity index (χ3n) is 1.89. The van der Waals surface area contributed by atoms with E-state index in [4.69, 9.17) is 10.7 Å². The van der Waals surface area contributed by atoms with Crippen LogP contribution in [0, 0.1) is 0 Å². The van der Waals surface area contributed by atoms with Gasteiger partial charge in [0.05, 0.1) is 4.90 Å². The van der Waals surface area contributed by atoms with Crippen LogP contribution in [0.5, 0.6) is 0 Å². The molecule has 3 nitrogen and oxygen atoms in total. The van der Waals surface area contributed by atoms with Gasteiger partial charge in [-0.05, 0) is 23.6 Å². The number of halogens is 2. The van der Waals surface area contributed by atoms with Gasteiger partial charge in [0.25, 0.3) is 9.05 Å². The molecule has 0 bridgehead atoms. The van der Waals surface area contributed by atoms with E-state index in [-0.39, 0.29) is 21.9 Å². The lowest BCUT2D eigenvalue weighted by Gasteiger charge is -1.98. The summed E-state index contributed by atoms with van der Waals surface area (Å²) >= 11 is 0. The molecular formula is C9H7BrClNO2S. The molecule has 1 aromatic heterocycles. The van der Waals surface area contributed by atoms with Crippen molar-refractivity contribution in [2.24, 2.45) is 0 Å². The monoisotopic (exact) mass is 307 g/mol. The second-order valence-corrected chi connectivity index (χ2v) is 5.39.